The van der Waals surface area contributed by atoms with Crippen LogP contribution in [0.25, 0.3) is 0 Å². The van der Waals surface area contributed by atoms with Crippen LogP contribution in [0.4, 0.5) is 0 Å². The normalized spacial score (nSPS) is 13.6. The second kappa shape index (κ2) is 8.76. The van der Waals surface area contributed by atoms with Crippen molar-refractivity contribution in [3.8, 4) is 0 Å². The predicted molar refractivity (Wildman–Crippen MR) is 68.1 cm³/mol. The van der Waals surface area contributed by atoms with E-state index in [-0.39, 0.29) is 0 Å². The highest BCUT2D eigenvalue weighted by Crippen LogP contribution is 2.15. The summed E-state index contributed by atoms with van der Waals surface area (Å²) in [4.78, 5) is 0. The number of hydrogen-bond acceptors (Lipinski definition) is 2. The first-order valence-electron chi connectivity index (χ1n) is 6.09. The molecular formula is C12H24O3S. The van der Waals surface area contributed by atoms with Crippen molar-refractivity contribution in [1.29, 1.82) is 0 Å². The first-order chi connectivity index (χ1) is 7.52. The van der Waals surface area contributed by atoms with E-state index in [0.717, 1.165) is 25.7 Å². The number of rotatable bonds is 10. The van der Waals surface area contributed by atoms with Crippen LogP contribution in [0.5, 0.6) is 0 Å². The largest absolute Gasteiger partial charge is 0.285 e. The topological polar surface area (TPSA) is 54.4 Å². The van der Waals surface area contributed by atoms with E-state index in [0.29, 0.717) is 12.8 Å². The highest BCUT2D eigenvalue weighted by atomic mass is 32.2. The minimum Gasteiger partial charge on any atom is -0.285 e. The van der Waals surface area contributed by atoms with Crippen LogP contribution < -0.4 is 0 Å². The Morgan fingerprint density at radius 2 is 1.75 bits per heavy atom. The molecule has 0 aromatic rings. The third-order valence-corrected chi connectivity index (χ3v) is 4.22. The quantitative estimate of drug-likeness (QED) is 0.365. The van der Waals surface area contributed by atoms with Gasteiger partial charge in [-0.25, -0.2) is 0 Å². The van der Waals surface area contributed by atoms with E-state index in [1.807, 2.05) is 6.08 Å². The molecule has 0 aliphatic rings. The molecule has 0 aliphatic heterocycles. The molecular weight excluding hydrogens is 224 g/mol. The summed E-state index contributed by atoms with van der Waals surface area (Å²) in [5, 5.41) is -0.569. The molecule has 0 aliphatic carbocycles. The maximum Gasteiger partial charge on any atom is 0.267 e. The highest BCUT2D eigenvalue weighted by molar-refractivity contribution is 7.86. The van der Waals surface area contributed by atoms with Gasteiger partial charge in [-0.3, -0.25) is 4.55 Å². The fourth-order valence-electron chi connectivity index (χ4n) is 1.75. The minimum absolute atomic E-state index is 0.495. The average Bonchev–Trinajstić information content (AvgIpc) is 2.20. The maximum atomic E-state index is 10.9. The van der Waals surface area contributed by atoms with Gasteiger partial charge in [0.1, 0.15) is 0 Å². The summed E-state index contributed by atoms with van der Waals surface area (Å²) < 4.78 is 30.7. The van der Waals surface area contributed by atoms with Crippen LogP contribution in [0.3, 0.4) is 0 Å². The Kier molecular flexibility index (Phi) is 8.57. The summed E-state index contributed by atoms with van der Waals surface area (Å²) in [5.74, 6) is 0. The molecule has 0 saturated heterocycles. The standard InChI is InChI=1S/C12H24O3S/c1-3-5-6-7-8-9-10-11-12(4-2)16(13,14)15/h3,12H,1,4-11H2,2H3,(H,13,14,15). The zero-order chi connectivity index (χ0) is 12.4. The Labute approximate surface area is 99.7 Å². The van der Waals surface area contributed by atoms with Crippen LogP contribution in [0.2, 0.25) is 0 Å². The van der Waals surface area contributed by atoms with E-state index in [4.69, 9.17) is 4.55 Å². The number of unbranched alkanes of at least 4 members (excludes halogenated alkanes) is 5. The fourth-order valence-corrected chi connectivity index (χ4v) is 2.64. The molecule has 0 aromatic heterocycles. The average molecular weight is 248 g/mol. The van der Waals surface area contributed by atoms with Gasteiger partial charge >= 0.3 is 0 Å². The second-order valence-corrected chi connectivity index (χ2v) is 5.88. The Morgan fingerprint density at radius 3 is 2.25 bits per heavy atom. The monoisotopic (exact) mass is 248 g/mol. The Morgan fingerprint density at radius 1 is 1.19 bits per heavy atom. The molecule has 16 heavy (non-hydrogen) atoms. The maximum absolute atomic E-state index is 10.9. The molecule has 0 aromatic carbocycles. The highest BCUT2D eigenvalue weighted by Gasteiger charge is 2.19. The van der Waals surface area contributed by atoms with Crippen molar-refractivity contribution in [3.05, 3.63) is 12.7 Å². The van der Waals surface area contributed by atoms with Crippen LogP contribution in [-0.2, 0) is 10.1 Å². The second-order valence-electron chi connectivity index (χ2n) is 4.18. The summed E-state index contributed by atoms with van der Waals surface area (Å²) in [6.45, 7) is 5.46. The first-order valence-corrected chi connectivity index (χ1v) is 7.59. The molecule has 4 heteroatoms. The van der Waals surface area contributed by atoms with Gasteiger partial charge in [0, 0.05) is 0 Å². The fraction of sp³-hybridized carbons (Fsp3) is 0.833. The Bertz CT molecular complexity index is 270. The summed E-state index contributed by atoms with van der Waals surface area (Å²) in [6, 6.07) is 0. The van der Waals surface area contributed by atoms with Crippen LogP contribution >= 0.6 is 0 Å². The van der Waals surface area contributed by atoms with Gasteiger partial charge in [-0.15, -0.1) is 6.58 Å². The van der Waals surface area contributed by atoms with E-state index >= 15 is 0 Å². The molecule has 1 unspecified atom stereocenters. The molecule has 1 atom stereocenters. The third-order valence-electron chi connectivity index (χ3n) is 2.81. The van der Waals surface area contributed by atoms with Gasteiger partial charge in [0.2, 0.25) is 0 Å². The number of allylic oxidation sites excluding steroid dienone is 1. The zero-order valence-electron chi connectivity index (χ0n) is 10.2. The molecule has 0 bridgehead atoms. The summed E-state index contributed by atoms with van der Waals surface area (Å²) in [6.07, 6.45) is 9.46. The van der Waals surface area contributed by atoms with E-state index in [1.165, 1.54) is 12.8 Å². The molecule has 0 amide bonds. The van der Waals surface area contributed by atoms with Crippen LogP contribution in [0, 0.1) is 0 Å². The lowest BCUT2D eigenvalue weighted by atomic mass is 10.1. The van der Waals surface area contributed by atoms with Crippen molar-refractivity contribution in [2.75, 3.05) is 0 Å². The van der Waals surface area contributed by atoms with Gasteiger partial charge in [-0.2, -0.15) is 8.42 Å². The van der Waals surface area contributed by atoms with Crippen LogP contribution in [0.1, 0.15) is 58.3 Å². The van der Waals surface area contributed by atoms with Crippen molar-refractivity contribution in [3.63, 3.8) is 0 Å². The summed E-state index contributed by atoms with van der Waals surface area (Å²) in [5.41, 5.74) is 0. The van der Waals surface area contributed by atoms with Crippen molar-refractivity contribution in [2.45, 2.75) is 63.5 Å². The molecule has 0 heterocycles. The molecule has 0 spiro atoms. The molecule has 0 saturated carbocycles. The van der Waals surface area contributed by atoms with Crippen molar-refractivity contribution >= 4 is 10.1 Å². The Hall–Kier alpha value is -0.350. The SMILES string of the molecule is C=CCCCCCCCC(CC)S(=O)(=O)O. The first kappa shape index (κ1) is 15.7. The van der Waals surface area contributed by atoms with E-state index in [9.17, 15) is 8.42 Å². The molecule has 96 valence electrons. The summed E-state index contributed by atoms with van der Waals surface area (Å²) >= 11 is 0. The lowest BCUT2D eigenvalue weighted by molar-refractivity contribution is 0.453. The van der Waals surface area contributed by atoms with Gasteiger partial charge in [0.15, 0.2) is 0 Å². The molecule has 3 nitrogen and oxygen atoms in total. The van der Waals surface area contributed by atoms with Gasteiger partial charge < -0.3 is 0 Å². The third kappa shape index (κ3) is 7.88. The van der Waals surface area contributed by atoms with Gasteiger partial charge in [0.25, 0.3) is 10.1 Å². The van der Waals surface area contributed by atoms with E-state index in [2.05, 4.69) is 6.58 Å². The molecule has 0 rings (SSSR count). The molecule has 0 radical (unpaired) electrons. The summed E-state index contributed by atoms with van der Waals surface area (Å²) in [7, 11) is -3.83. The zero-order valence-corrected chi connectivity index (χ0v) is 11.0. The van der Waals surface area contributed by atoms with E-state index in [1.54, 1.807) is 6.92 Å². The molecule has 0 fully saturated rings. The van der Waals surface area contributed by atoms with Crippen LogP contribution in [0.15, 0.2) is 12.7 Å². The van der Waals surface area contributed by atoms with Crippen molar-refractivity contribution in [2.24, 2.45) is 0 Å². The smallest absolute Gasteiger partial charge is 0.267 e. The van der Waals surface area contributed by atoms with E-state index < -0.39 is 15.4 Å². The lowest BCUT2D eigenvalue weighted by Gasteiger charge is -2.10. The van der Waals surface area contributed by atoms with Gasteiger partial charge in [-0.05, 0) is 25.7 Å². The predicted octanol–water partition coefficient (Wildman–Crippen LogP) is 3.57. The minimum atomic E-state index is -3.83. The molecule has 1 N–H and O–H groups in total. The van der Waals surface area contributed by atoms with Crippen molar-refractivity contribution < 1.29 is 13.0 Å². The van der Waals surface area contributed by atoms with Gasteiger partial charge in [-0.1, -0.05) is 38.7 Å². The van der Waals surface area contributed by atoms with Crippen molar-refractivity contribution in [1.82, 2.24) is 0 Å². The Balaban J connectivity index is 3.53. The lowest BCUT2D eigenvalue weighted by Crippen LogP contribution is -2.19. The van der Waals surface area contributed by atoms with Crippen LogP contribution in [-0.4, -0.2) is 18.2 Å². The van der Waals surface area contributed by atoms with Gasteiger partial charge in [0.05, 0.1) is 5.25 Å². The number of hydrogen-bond donors (Lipinski definition) is 1.